The van der Waals surface area contributed by atoms with Crippen molar-refractivity contribution < 1.29 is 18.1 Å². The van der Waals surface area contributed by atoms with Crippen molar-refractivity contribution in [1.29, 1.82) is 0 Å². The number of rotatable bonds is 7. The van der Waals surface area contributed by atoms with Crippen molar-refractivity contribution in [1.82, 2.24) is 4.48 Å². The molecule has 0 fully saturated rings. The second kappa shape index (κ2) is 11.3. The van der Waals surface area contributed by atoms with Crippen LogP contribution in [0.3, 0.4) is 0 Å². The van der Waals surface area contributed by atoms with Crippen LogP contribution in [-0.4, -0.2) is 31.8 Å². The molecule has 5 aromatic carbocycles. The Bertz CT molecular complexity index is 2130. The van der Waals surface area contributed by atoms with E-state index in [1.54, 1.807) is 26.4 Å². The molecule has 7 heteroatoms. The summed E-state index contributed by atoms with van der Waals surface area (Å²) in [6.07, 6.45) is 3.79. The van der Waals surface area contributed by atoms with Crippen LogP contribution in [0, 0.1) is 0 Å². The predicted molar refractivity (Wildman–Crippen MR) is 176 cm³/mol. The van der Waals surface area contributed by atoms with Crippen molar-refractivity contribution in [3.8, 4) is 22.8 Å². The molecule has 1 aliphatic heterocycles. The number of hydrogen-bond donors (Lipinski definition) is 0. The first-order valence-electron chi connectivity index (χ1n) is 14.3. The van der Waals surface area contributed by atoms with Crippen LogP contribution in [0.15, 0.2) is 138 Å². The lowest BCUT2D eigenvalue weighted by molar-refractivity contribution is 0.414. The van der Waals surface area contributed by atoms with Gasteiger partial charge in [0.15, 0.2) is 0 Å². The van der Waals surface area contributed by atoms with Crippen molar-refractivity contribution in [3.05, 3.63) is 150 Å². The quantitative estimate of drug-likeness (QED) is 0.177. The highest BCUT2D eigenvalue weighted by Crippen LogP contribution is 2.40. The number of aliphatic imine (C=N–C) groups is 1. The molecule has 1 aromatic heterocycles. The molecular weight excluding hydrogens is 553 g/mol. The summed E-state index contributed by atoms with van der Waals surface area (Å²) in [5.41, 5.74) is 4.78. The average Bonchev–Trinajstić information content (AvgIpc) is 3.72. The molecule has 0 unspecified atom stereocenters. The van der Waals surface area contributed by atoms with Gasteiger partial charge in [0.05, 0.1) is 25.6 Å². The van der Waals surface area contributed by atoms with E-state index < -0.39 is 7.40 Å². The predicted octanol–water partition coefficient (Wildman–Crippen LogP) is 9.07. The lowest BCUT2D eigenvalue weighted by atomic mass is 9.98. The maximum absolute atomic E-state index is 15.1. The molecule has 214 valence electrons. The van der Waals surface area contributed by atoms with Gasteiger partial charge in [0.1, 0.15) is 11.5 Å². The monoisotopic (exact) mass is 580 g/mol. The van der Waals surface area contributed by atoms with E-state index in [4.69, 9.17) is 14.5 Å². The fourth-order valence-corrected chi connectivity index (χ4v) is 5.94. The van der Waals surface area contributed by atoms with E-state index in [0.717, 1.165) is 37.1 Å². The maximum Gasteiger partial charge on any atom is 0.678 e. The summed E-state index contributed by atoms with van der Waals surface area (Å²) in [5.74, 6) is 1.21. The smallest absolute Gasteiger partial charge is 0.496 e. The molecule has 0 radical (unpaired) electrons. The van der Waals surface area contributed by atoms with Gasteiger partial charge < -0.3 is 14.0 Å². The lowest BCUT2D eigenvalue weighted by Gasteiger charge is -2.17. The van der Waals surface area contributed by atoms with E-state index in [9.17, 15) is 0 Å². The number of methoxy groups -OCH3 is 2. The summed E-state index contributed by atoms with van der Waals surface area (Å²) >= 11 is 0. The Labute approximate surface area is 254 Å². The van der Waals surface area contributed by atoms with E-state index in [-0.39, 0.29) is 0 Å². The number of benzene rings is 5. The number of aromatic nitrogens is 1. The van der Waals surface area contributed by atoms with Crippen molar-refractivity contribution >= 4 is 40.2 Å². The van der Waals surface area contributed by atoms with Crippen LogP contribution in [0.4, 0.5) is 8.63 Å². The summed E-state index contributed by atoms with van der Waals surface area (Å²) in [7, 11) is 0.374. The summed E-state index contributed by atoms with van der Waals surface area (Å²) in [4.78, 5) is 5.01. The molecule has 0 amide bonds. The van der Waals surface area contributed by atoms with E-state index >= 15 is 8.63 Å². The third-order valence-electron chi connectivity index (χ3n) is 8.02. The normalized spacial score (nSPS) is 13.8. The van der Waals surface area contributed by atoms with Gasteiger partial charge in [-0.2, -0.15) is 0 Å². The van der Waals surface area contributed by atoms with Gasteiger partial charge in [-0.3, -0.25) is 8.63 Å². The molecule has 0 N–H and O–H groups in total. The van der Waals surface area contributed by atoms with Gasteiger partial charge in [0, 0.05) is 28.1 Å². The van der Waals surface area contributed by atoms with Crippen LogP contribution >= 0.6 is 0 Å². The minimum atomic E-state index is -2.82. The summed E-state index contributed by atoms with van der Waals surface area (Å²) in [6, 6.07) is 36.7. The maximum atomic E-state index is 15.1. The van der Waals surface area contributed by atoms with E-state index in [1.807, 2.05) is 109 Å². The molecular formula is C37H27BF2N2O2. The average molecular weight is 580 g/mol. The minimum Gasteiger partial charge on any atom is -0.496 e. The largest absolute Gasteiger partial charge is 0.678 e. The lowest BCUT2D eigenvalue weighted by Crippen LogP contribution is -2.18. The Kier molecular flexibility index (Phi) is 7.06. The third kappa shape index (κ3) is 4.76. The molecule has 4 nitrogen and oxygen atoms in total. The van der Waals surface area contributed by atoms with Crippen LogP contribution in [0.25, 0.3) is 38.4 Å². The molecule has 7 rings (SSSR count). The van der Waals surface area contributed by atoms with Crippen LogP contribution in [0.5, 0.6) is 11.5 Å². The zero-order valence-corrected chi connectivity index (χ0v) is 24.2. The highest BCUT2D eigenvalue weighted by molar-refractivity contribution is 6.42. The first-order valence-corrected chi connectivity index (χ1v) is 14.3. The Hall–Kier alpha value is -5.43. The second-order valence-corrected chi connectivity index (χ2v) is 10.5. The molecule has 44 heavy (non-hydrogen) atoms. The van der Waals surface area contributed by atoms with E-state index in [1.165, 1.54) is 0 Å². The summed E-state index contributed by atoms with van der Waals surface area (Å²) in [5, 5.41) is 4.02. The van der Waals surface area contributed by atoms with Crippen molar-refractivity contribution in [2.45, 2.75) is 0 Å². The molecule has 2 heterocycles. The third-order valence-corrected chi connectivity index (χ3v) is 8.02. The number of ether oxygens (including phenoxy) is 2. The number of nitrogens with zero attached hydrogens (tertiary/aromatic N) is 2. The van der Waals surface area contributed by atoms with Crippen LogP contribution in [0.2, 0.25) is 0 Å². The van der Waals surface area contributed by atoms with Gasteiger partial charge in [0.25, 0.3) is 0 Å². The topological polar surface area (TPSA) is 35.8 Å². The first-order chi connectivity index (χ1) is 21.6. The zero-order chi connectivity index (χ0) is 30.2. The Morgan fingerprint density at radius 3 is 1.77 bits per heavy atom. The Morgan fingerprint density at radius 1 is 0.636 bits per heavy atom. The van der Waals surface area contributed by atoms with Gasteiger partial charge >= 0.3 is 7.40 Å². The van der Waals surface area contributed by atoms with Crippen molar-refractivity contribution in [2.24, 2.45) is 4.99 Å². The van der Waals surface area contributed by atoms with Crippen molar-refractivity contribution in [2.75, 3.05) is 14.2 Å². The van der Waals surface area contributed by atoms with Crippen molar-refractivity contribution in [3.63, 3.8) is 0 Å². The van der Waals surface area contributed by atoms with Gasteiger partial charge in [-0.15, -0.1) is 0 Å². The zero-order valence-electron chi connectivity index (χ0n) is 24.2. The van der Waals surface area contributed by atoms with Crippen LogP contribution in [-0.2, 0) is 0 Å². The van der Waals surface area contributed by atoms with Gasteiger partial charge in [-0.1, -0.05) is 78.9 Å². The van der Waals surface area contributed by atoms with Crippen LogP contribution < -0.4 is 9.47 Å². The first kappa shape index (κ1) is 27.4. The molecule has 0 aliphatic carbocycles. The highest BCUT2D eigenvalue weighted by Gasteiger charge is 2.29. The fourth-order valence-electron chi connectivity index (χ4n) is 5.94. The number of allylic oxidation sites excluding steroid dienone is 2. The fraction of sp³-hybridized carbons (Fsp3) is 0.0541. The standard InChI is InChI=1S/C37H27BF2N2O2/c1-43-35-22-27-14-8-6-12-25(27)20-29(35)31-16-17-32(41-31)37(24-10-4-3-5-11-24)34-19-18-33(42(34)38(39)40)30-21-26-13-7-9-15-28(26)23-36(30)44-2/h3-23H,1-2H3/b37-32-. The molecule has 6 aromatic rings. The van der Waals surface area contributed by atoms with Gasteiger partial charge in [-0.25, -0.2) is 4.99 Å². The number of fused-ring (bicyclic) bond motifs is 2. The van der Waals surface area contributed by atoms with E-state index in [2.05, 4.69) is 6.07 Å². The molecule has 0 saturated heterocycles. The van der Waals surface area contributed by atoms with Gasteiger partial charge in [-0.05, 0) is 75.7 Å². The molecule has 1 aliphatic rings. The summed E-state index contributed by atoms with van der Waals surface area (Å²) in [6.45, 7) is 0. The number of hydrogen-bond acceptors (Lipinski definition) is 3. The molecule has 0 spiro atoms. The summed E-state index contributed by atoms with van der Waals surface area (Å²) < 4.78 is 42.8. The minimum absolute atomic E-state index is 0.353. The highest BCUT2D eigenvalue weighted by atomic mass is 19.2. The molecule has 0 bridgehead atoms. The van der Waals surface area contributed by atoms with Gasteiger partial charge in [0.2, 0.25) is 0 Å². The Morgan fingerprint density at radius 2 is 1.18 bits per heavy atom. The molecule has 0 saturated carbocycles. The second-order valence-electron chi connectivity index (χ2n) is 10.5. The van der Waals surface area contributed by atoms with Crippen LogP contribution in [0.1, 0.15) is 16.8 Å². The Balaban J connectivity index is 1.44. The van der Waals surface area contributed by atoms with E-state index in [0.29, 0.717) is 45.4 Å². The molecule has 0 atom stereocenters. The number of halogens is 2. The SMILES string of the molecule is COc1cc2ccccc2cc1C1=N/C(=C(/c2ccccc2)c2ccc(-c3cc4ccccc4cc3OC)n2B(F)F)C=C1.